The van der Waals surface area contributed by atoms with E-state index in [1.807, 2.05) is 32.9 Å². The Hall–Kier alpha value is -1.53. The van der Waals surface area contributed by atoms with Gasteiger partial charge in [0.1, 0.15) is 5.60 Å². The fourth-order valence-electron chi connectivity index (χ4n) is 2.55. The monoisotopic (exact) mass is 354 g/mol. The van der Waals surface area contributed by atoms with Gasteiger partial charge in [0.05, 0.1) is 5.69 Å². The van der Waals surface area contributed by atoms with Crippen molar-refractivity contribution in [3.05, 3.63) is 23.5 Å². The maximum atomic E-state index is 12.0. The molecule has 0 bridgehead atoms. The molecule has 0 atom stereocenters. The highest BCUT2D eigenvalue weighted by Crippen LogP contribution is 2.23. The fraction of sp³-hybridized carbons (Fsp3) is 0.647. The molecule has 6 nitrogen and oxygen atoms in total. The summed E-state index contributed by atoms with van der Waals surface area (Å²) in [6.45, 7) is 10.8. The molecule has 24 heavy (non-hydrogen) atoms. The number of piperazine rings is 1. The highest BCUT2D eigenvalue weighted by atomic mass is 35.5. The Morgan fingerprint density at radius 3 is 2.58 bits per heavy atom. The van der Waals surface area contributed by atoms with Crippen LogP contribution >= 0.6 is 11.6 Å². The summed E-state index contributed by atoms with van der Waals surface area (Å²) in [7, 11) is 1.78. The third-order valence-electron chi connectivity index (χ3n) is 3.91. The van der Waals surface area contributed by atoms with E-state index in [9.17, 15) is 4.79 Å². The predicted octanol–water partition coefficient (Wildman–Crippen LogP) is 2.72. The van der Waals surface area contributed by atoms with Crippen LogP contribution in [-0.4, -0.2) is 72.8 Å². The molecule has 1 aliphatic heterocycles. The largest absolute Gasteiger partial charge is 0.444 e. The van der Waals surface area contributed by atoms with Gasteiger partial charge in [-0.05, 0) is 32.9 Å². The number of nitrogens with zero attached hydrogens (tertiary/aromatic N) is 4. The quantitative estimate of drug-likeness (QED) is 0.778. The summed E-state index contributed by atoms with van der Waals surface area (Å²) in [5, 5.41) is 0.551. The Bertz CT molecular complexity index is 554. The van der Waals surface area contributed by atoms with E-state index in [-0.39, 0.29) is 6.09 Å². The Balaban J connectivity index is 1.75. The number of carbonyl (C=O) groups excluding carboxylic acids is 1. The predicted molar refractivity (Wildman–Crippen MR) is 96.8 cm³/mol. The zero-order valence-corrected chi connectivity index (χ0v) is 15.7. The molecule has 1 amide bonds. The molecular formula is C17H27ClN4O2. The van der Waals surface area contributed by atoms with E-state index in [1.54, 1.807) is 18.1 Å². The molecule has 1 saturated heterocycles. The first-order chi connectivity index (χ1) is 11.3. The van der Waals surface area contributed by atoms with Gasteiger partial charge in [0.25, 0.3) is 0 Å². The second-order valence-electron chi connectivity index (χ2n) is 7.04. The van der Waals surface area contributed by atoms with Gasteiger partial charge in [0.15, 0.2) is 5.15 Å². The summed E-state index contributed by atoms with van der Waals surface area (Å²) in [5.74, 6) is 0. The van der Waals surface area contributed by atoms with E-state index >= 15 is 0 Å². The Morgan fingerprint density at radius 1 is 1.33 bits per heavy atom. The second-order valence-corrected chi connectivity index (χ2v) is 7.40. The van der Waals surface area contributed by atoms with Crippen molar-refractivity contribution in [3.8, 4) is 0 Å². The SMILES string of the molecule is CN(CCN1CCN(c2cccnc2Cl)CC1)C(=O)OC(C)(C)C. The van der Waals surface area contributed by atoms with Gasteiger partial charge in [0.2, 0.25) is 0 Å². The van der Waals surface area contributed by atoms with E-state index in [1.165, 1.54) is 0 Å². The molecule has 0 aliphatic carbocycles. The van der Waals surface area contributed by atoms with Crippen LogP contribution in [0.5, 0.6) is 0 Å². The van der Waals surface area contributed by atoms with Crippen molar-refractivity contribution in [1.29, 1.82) is 0 Å². The summed E-state index contributed by atoms with van der Waals surface area (Å²) in [6, 6.07) is 3.91. The smallest absolute Gasteiger partial charge is 0.410 e. The van der Waals surface area contributed by atoms with E-state index in [4.69, 9.17) is 16.3 Å². The standard InChI is InChI=1S/C17H27ClN4O2/c1-17(2,3)24-16(23)20(4)8-9-21-10-12-22(13-11-21)14-6-5-7-19-15(14)18/h5-7H,8-13H2,1-4H3. The number of hydrogen-bond donors (Lipinski definition) is 0. The summed E-state index contributed by atoms with van der Waals surface area (Å²) in [6.07, 6.45) is 1.43. The van der Waals surface area contributed by atoms with E-state index in [0.717, 1.165) is 38.4 Å². The van der Waals surface area contributed by atoms with Gasteiger partial charge in [-0.15, -0.1) is 0 Å². The van der Waals surface area contributed by atoms with Crippen LogP contribution in [-0.2, 0) is 4.74 Å². The molecule has 0 radical (unpaired) electrons. The zero-order chi connectivity index (χ0) is 17.7. The molecule has 2 heterocycles. The number of rotatable bonds is 4. The van der Waals surface area contributed by atoms with Gasteiger partial charge >= 0.3 is 6.09 Å². The van der Waals surface area contributed by atoms with Gasteiger partial charge in [-0.25, -0.2) is 9.78 Å². The molecule has 0 saturated carbocycles. The lowest BCUT2D eigenvalue weighted by atomic mass is 10.2. The van der Waals surface area contributed by atoms with Crippen molar-refractivity contribution >= 4 is 23.4 Å². The van der Waals surface area contributed by atoms with E-state index in [2.05, 4.69) is 14.8 Å². The molecule has 7 heteroatoms. The zero-order valence-electron chi connectivity index (χ0n) is 15.0. The number of pyridine rings is 1. The molecule has 0 aromatic carbocycles. The minimum Gasteiger partial charge on any atom is -0.444 e. The number of amides is 1. The highest BCUT2D eigenvalue weighted by molar-refractivity contribution is 6.32. The molecule has 0 spiro atoms. The number of ether oxygens (including phenoxy) is 1. The number of hydrogen-bond acceptors (Lipinski definition) is 5. The topological polar surface area (TPSA) is 48.9 Å². The van der Waals surface area contributed by atoms with Crippen LogP contribution in [0, 0.1) is 0 Å². The van der Waals surface area contributed by atoms with Gasteiger partial charge in [-0.2, -0.15) is 0 Å². The first-order valence-corrected chi connectivity index (χ1v) is 8.66. The van der Waals surface area contributed by atoms with E-state index in [0.29, 0.717) is 11.7 Å². The number of aromatic nitrogens is 1. The van der Waals surface area contributed by atoms with Gasteiger partial charge in [-0.3, -0.25) is 4.90 Å². The summed E-state index contributed by atoms with van der Waals surface area (Å²) in [4.78, 5) is 22.3. The van der Waals surface area contributed by atoms with Gasteiger partial charge < -0.3 is 14.5 Å². The lowest BCUT2D eigenvalue weighted by Crippen LogP contribution is -2.49. The molecule has 134 valence electrons. The van der Waals surface area contributed by atoms with Crippen LogP contribution in [0.2, 0.25) is 5.15 Å². The average Bonchev–Trinajstić information content (AvgIpc) is 2.52. The van der Waals surface area contributed by atoms with Crippen LogP contribution in [0.25, 0.3) is 0 Å². The van der Waals surface area contributed by atoms with Crippen molar-refractivity contribution in [1.82, 2.24) is 14.8 Å². The summed E-state index contributed by atoms with van der Waals surface area (Å²) >= 11 is 6.16. The molecule has 0 N–H and O–H groups in total. The lowest BCUT2D eigenvalue weighted by Gasteiger charge is -2.36. The molecular weight excluding hydrogens is 328 g/mol. The maximum Gasteiger partial charge on any atom is 0.410 e. The molecule has 1 aliphatic rings. The van der Waals surface area contributed by atoms with Crippen LogP contribution in [0.3, 0.4) is 0 Å². The molecule has 0 unspecified atom stereocenters. The number of likely N-dealkylation sites (N-methyl/N-ethyl adjacent to an activating group) is 1. The highest BCUT2D eigenvalue weighted by Gasteiger charge is 2.22. The summed E-state index contributed by atoms with van der Waals surface area (Å²) < 4.78 is 5.37. The van der Waals surface area contributed by atoms with Crippen molar-refractivity contribution in [2.24, 2.45) is 0 Å². The Morgan fingerprint density at radius 2 is 2.00 bits per heavy atom. The first kappa shape index (κ1) is 18.8. The molecule has 1 fully saturated rings. The molecule has 2 rings (SSSR count). The van der Waals surface area contributed by atoms with Crippen molar-refractivity contribution < 1.29 is 9.53 Å². The van der Waals surface area contributed by atoms with Crippen LogP contribution < -0.4 is 4.90 Å². The Labute approximate surface area is 149 Å². The van der Waals surface area contributed by atoms with Crippen molar-refractivity contribution in [2.45, 2.75) is 26.4 Å². The number of anilines is 1. The van der Waals surface area contributed by atoms with Crippen LogP contribution in [0.15, 0.2) is 18.3 Å². The summed E-state index contributed by atoms with van der Waals surface area (Å²) in [5.41, 5.74) is 0.532. The first-order valence-electron chi connectivity index (χ1n) is 8.28. The second kappa shape index (κ2) is 8.03. The van der Waals surface area contributed by atoms with Crippen LogP contribution in [0.1, 0.15) is 20.8 Å². The molecule has 1 aromatic rings. The van der Waals surface area contributed by atoms with Crippen molar-refractivity contribution in [2.75, 3.05) is 51.2 Å². The number of carbonyl (C=O) groups is 1. The Kier molecular flexibility index (Phi) is 6.29. The van der Waals surface area contributed by atoms with Gasteiger partial charge in [-0.1, -0.05) is 11.6 Å². The normalized spacial score (nSPS) is 16.1. The maximum absolute atomic E-state index is 12.0. The van der Waals surface area contributed by atoms with Gasteiger partial charge in [0, 0.05) is 52.5 Å². The average molecular weight is 355 g/mol. The van der Waals surface area contributed by atoms with Crippen molar-refractivity contribution in [3.63, 3.8) is 0 Å². The third kappa shape index (κ3) is 5.53. The molecule has 1 aromatic heterocycles. The minimum atomic E-state index is -0.458. The van der Waals surface area contributed by atoms with Crippen LogP contribution in [0.4, 0.5) is 10.5 Å². The number of halogens is 1. The van der Waals surface area contributed by atoms with E-state index < -0.39 is 5.60 Å². The fourth-order valence-corrected chi connectivity index (χ4v) is 2.79. The lowest BCUT2D eigenvalue weighted by molar-refractivity contribution is 0.0282. The minimum absolute atomic E-state index is 0.275. The third-order valence-corrected chi connectivity index (χ3v) is 4.20.